The van der Waals surface area contributed by atoms with Crippen LogP contribution in [-0.4, -0.2) is 60.9 Å². The van der Waals surface area contributed by atoms with Gasteiger partial charge >= 0.3 is 0 Å². The first-order valence-electron chi connectivity index (χ1n) is 11.5. The van der Waals surface area contributed by atoms with E-state index in [4.69, 9.17) is 11.6 Å². The van der Waals surface area contributed by atoms with Crippen molar-refractivity contribution in [2.24, 2.45) is 0 Å². The van der Waals surface area contributed by atoms with Crippen LogP contribution in [0.25, 0.3) is 10.8 Å². The minimum Gasteiger partial charge on any atom is -0.350 e. The van der Waals surface area contributed by atoms with E-state index >= 15 is 0 Å². The van der Waals surface area contributed by atoms with E-state index in [1.165, 1.54) is 29.4 Å². The van der Waals surface area contributed by atoms with Crippen LogP contribution in [0.1, 0.15) is 42.6 Å². The van der Waals surface area contributed by atoms with Crippen molar-refractivity contribution in [2.45, 2.75) is 37.1 Å². The number of hydrogen-bond donors (Lipinski definition) is 2. The maximum atomic E-state index is 13.6. The van der Waals surface area contributed by atoms with Crippen molar-refractivity contribution in [1.29, 1.82) is 0 Å². The molecule has 2 heterocycles. The summed E-state index contributed by atoms with van der Waals surface area (Å²) >= 11 is 6.20. The molecule has 0 saturated heterocycles. The molecule has 0 fully saturated rings. The van der Waals surface area contributed by atoms with Gasteiger partial charge < -0.3 is 15.5 Å². The van der Waals surface area contributed by atoms with Gasteiger partial charge in [0.15, 0.2) is 9.84 Å². The van der Waals surface area contributed by atoms with Gasteiger partial charge in [-0.15, -0.1) is 0 Å². The van der Waals surface area contributed by atoms with Crippen LogP contribution >= 0.6 is 11.6 Å². The zero-order valence-electron chi connectivity index (χ0n) is 20.8. The van der Waals surface area contributed by atoms with Gasteiger partial charge in [-0.05, 0) is 56.7 Å². The second-order valence-electron chi connectivity index (χ2n) is 10.1. The van der Waals surface area contributed by atoms with Crippen LogP contribution in [0.4, 0.5) is 5.69 Å². The van der Waals surface area contributed by atoms with Gasteiger partial charge in [0.25, 0.3) is 5.91 Å². The summed E-state index contributed by atoms with van der Waals surface area (Å²) in [4.78, 5) is 44.9. The number of carbonyl (C=O) groups excluding carboxylic acids is 3. The number of sulfone groups is 1. The first kappa shape index (κ1) is 26.6. The monoisotopic (exact) mass is 542 g/mol. The average molecular weight is 543 g/mol. The maximum Gasteiger partial charge on any atom is 0.254 e. The van der Waals surface area contributed by atoms with E-state index in [0.29, 0.717) is 32.6 Å². The van der Waals surface area contributed by atoms with Crippen molar-refractivity contribution in [1.82, 2.24) is 15.2 Å². The minimum atomic E-state index is -3.42. The number of amides is 3. The molecule has 1 aliphatic heterocycles. The van der Waals surface area contributed by atoms with Gasteiger partial charge in [-0.1, -0.05) is 17.7 Å². The Balaban J connectivity index is 1.66. The Hall–Kier alpha value is -3.50. The predicted octanol–water partition coefficient (Wildman–Crippen LogP) is 3.38. The first-order chi connectivity index (χ1) is 17.2. The SMILES string of the molecule is CC(C)(C)NC(=O)CN1CC(C(=O)Nc2cncc3cc(S(C)(=O)=O)ccc23)c2cc(Cl)ccc2C1=O. The van der Waals surface area contributed by atoms with Crippen molar-refractivity contribution in [3.05, 3.63) is 64.9 Å². The molecule has 0 aliphatic carbocycles. The Morgan fingerprint density at radius 3 is 2.54 bits per heavy atom. The van der Waals surface area contributed by atoms with Crippen LogP contribution in [0, 0.1) is 0 Å². The second-order valence-corrected chi connectivity index (χ2v) is 12.6. The van der Waals surface area contributed by atoms with Crippen molar-refractivity contribution in [3.8, 4) is 0 Å². The van der Waals surface area contributed by atoms with Crippen LogP contribution < -0.4 is 10.6 Å². The van der Waals surface area contributed by atoms with Crippen LogP contribution in [0.5, 0.6) is 0 Å². The molecule has 1 atom stereocenters. The van der Waals surface area contributed by atoms with Gasteiger partial charge in [0.2, 0.25) is 11.8 Å². The molecular formula is C26H27ClN4O5S. The number of halogens is 1. The molecule has 0 bridgehead atoms. The predicted molar refractivity (Wildman–Crippen MR) is 141 cm³/mol. The summed E-state index contributed by atoms with van der Waals surface area (Å²) in [6.07, 6.45) is 4.11. The summed E-state index contributed by atoms with van der Waals surface area (Å²) in [6, 6.07) is 9.29. The Labute approximate surface area is 220 Å². The highest BCUT2D eigenvalue weighted by Crippen LogP contribution is 2.33. The maximum absolute atomic E-state index is 13.6. The van der Waals surface area contributed by atoms with E-state index in [0.717, 1.165) is 6.26 Å². The molecule has 37 heavy (non-hydrogen) atoms. The van der Waals surface area contributed by atoms with Gasteiger partial charge in [-0.25, -0.2) is 8.42 Å². The van der Waals surface area contributed by atoms with Crippen LogP contribution in [-0.2, 0) is 19.4 Å². The number of fused-ring (bicyclic) bond motifs is 2. The van der Waals surface area contributed by atoms with E-state index in [9.17, 15) is 22.8 Å². The molecule has 1 aromatic heterocycles. The van der Waals surface area contributed by atoms with Gasteiger partial charge in [-0.2, -0.15) is 0 Å². The summed E-state index contributed by atoms with van der Waals surface area (Å²) in [5.41, 5.74) is 0.680. The largest absolute Gasteiger partial charge is 0.350 e. The summed E-state index contributed by atoms with van der Waals surface area (Å²) in [6.45, 7) is 5.30. The standard InChI is InChI=1S/C26H27ClN4O5S/c1-26(2,3)30-23(32)14-31-13-21(20-10-16(27)5-7-19(20)25(31)34)24(33)29-22-12-28-11-15-9-17(37(4,35)36)6-8-18(15)22/h5-12,21H,13-14H2,1-4H3,(H,29,33)(H,30,32). The molecule has 4 rings (SSSR count). The fourth-order valence-electron chi connectivity index (χ4n) is 4.28. The zero-order chi connectivity index (χ0) is 27.1. The Morgan fingerprint density at radius 1 is 1.14 bits per heavy atom. The number of hydrogen-bond acceptors (Lipinski definition) is 6. The Morgan fingerprint density at radius 2 is 1.86 bits per heavy atom. The number of nitrogens with one attached hydrogen (secondary N) is 2. The second kappa shape index (κ2) is 9.75. The lowest BCUT2D eigenvalue weighted by atomic mass is 9.88. The molecule has 3 aromatic rings. The smallest absolute Gasteiger partial charge is 0.254 e. The molecule has 0 saturated carbocycles. The molecule has 9 nitrogen and oxygen atoms in total. The fourth-order valence-corrected chi connectivity index (χ4v) is 5.12. The number of pyridine rings is 1. The molecule has 2 N–H and O–H groups in total. The van der Waals surface area contributed by atoms with Crippen molar-refractivity contribution >= 4 is 55.6 Å². The molecule has 194 valence electrons. The average Bonchev–Trinajstić information content (AvgIpc) is 2.78. The molecule has 0 spiro atoms. The van der Waals surface area contributed by atoms with E-state index < -0.39 is 27.2 Å². The van der Waals surface area contributed by atoms with Gasteiger partial charge in [0.05, 0.1) is 29.2 Å². The van der Waals surface area contributed by atoms with Crippen molar-refractivity contribution < 1.29 is 22.8 Å². The highest BCUT2D eigenvalue weighted by Gasteiger charge is 2.36. The van der Waals surface area contributed by atoms with E-state index in [-0.39, 0.29) is 29.8 Å². The third-order valence-corrected chi connectivity index (χ3v) is 7.24. The molecule has 0 radical (unpaired) electrons. The quantitative estimate of drug-likeness (QED) is 0.509. The third kappa shape index (κ3) is 5.91. The van der Waals surface area contributed by atoms with Gasteiger partial charge in [0.1, 0.15) is 0 Å². The third-order valence-electron chi connectivity index (χ3n) is 5.89. The number of carbonyl (C=O) groups is 3. The van der Waals surface area contributed by atoms with Crippen molar-refractivity contribution in [2.75, 3.05) is 24.7 Å². The Bertz CT molecular complexity index is 1530. The summed E-state index contributed by atoms with van der Waals surface area (Å²) in [5.74, 6) is -1.92. The fraction of sp³-hybridized carbons (Fsp3) is 0.308. The summed E-state index contributed by atoms with van der Waals surface area (Å²) < 4.78 is 23.9. The van der Waals surface area contributed by atoms with Crippen LogP contribution in [0.3, 0.4) is 0 Å². The molecular weight excluding hydrogens is 516 g/mol. The number of nitrogens with zero attached hydrogens (tertiary/aromatic N) is 2. The van der Waals surface area contributed by atoms with E-state index in [2.05, 4.69) is 15.6 Å². The van der Waals surface area contributed by atoms with Crippen molar-refractivity contribution in [3.63, 3.8) is 0 Å². The zero-order valence-corrected chi connectivity index (χ0v) is 22.4. The summed E-state index contributed by atoms with van der Waals surface area (Å²) in [5, 5.41) is 7.23. The number of aromatic nitrogens is 1. The Kier molecular flexibility index (Phi) is 7.00. The number of anilines is 1. The lowest BCUT2D eigenvalue weighted by Crippen LogP contribution is -2.50. The normalized spacial score (nSPS) is 15.9. The minimum absolute atomic E-state index is 0.0218. The van der Waals surface area contributed by atoms with Crippen LogP contribution in [0.15, 0.2) is 53.7 Å². The van der Waals surface area contributed by atoms with Gasteiger partial charge in [0, 0.05) is 45.9 Å². The van der Waals surface area contributed by atoms with Gasteiger partial charge in [-0.3, -0.25) is 19.4 Å². The highest BCUT2D eigenvalue weighted by molar-refractivity contribution is 7.90. The molecule has 3 amide bonds. The van der Waals surface area contributed by atoms with E-state index in [1.54, 1.807) is 24.3 Å². The molecule has 2 aromatic carbocycles. The number of benzene rings is 2. The van der Waals surface area contributed by atoms with Crippen LogP contribution in [0.2, 0.25) is 5.02 Å². The first-order valence-corrected chi connectivity index (χ1v) is 13.8. The van der Waals surface area contributed by atoms with E-state index in [1.807, 2.05) is 20.8 Å². The lowest BCUT2D eigenvalue weighted by molar-refractivity contribution is -0.124. The molecule has 11 heteroatoms. The number of rotatable bonds is 5. The molecule has 1 unspecified atom stereocenters. The summed E-state index contributed by atoms with van der Waals surface area (Å²) in [7, 11) is -3.42. The topological polar surface area (TPSA) is 126 Å². The lowest BCUT2D eigenvalue weighted by Gasteiger charge is -2.34. The highest BCUT2D eigenvalue weighted by atomic mass is 35.5. The molecule has 1 aliphatic rings.